The van der Waals surface area contributed by atoms with Crippen LogP contribution in [0.5, 0.6) is 0 Å². The highest BCUT2D eigenvalue weighted by molar-refractivity contribution is 7.47. The lowest BCUT2D eigenvalue weighted by Crippen LogP contribution is -2.30. The summed E-state index contributed by atoms with van der Waals surface area (Å²) in [6.07, 6.45) is 56.9. The van der Waals surface area contributed by atoms with E-state index in [2.05, 4.69) is 55.4 Å². The lowest BCUT2D eigenvalue weighted by molar-refractivity contribution is -0.161. The van der Waals surface area contributed by atoms with Gasteiger partial charge in [-0.2, -0.15) is 0 Å². The number of aliphatic hydroxyl groups excluding tert-OH is 1. The van der Waals surface area contributed by atoms with Crippen LogP contribution in [-0.2, 0) is 65.4 Å². The van der Waals surface area contributed by atoms with Crippen molar-refractivity contribution in [2.75, 3.05) is 39.6 Å². The highest BCUT2D eigenvalue weighted by atomic mass is 31.2. The van der Waals surface area contributed by atoms with Gasteiger partial charge < -0.3 is 33.8 Å². The second kappa shape index (κ2) is 70.1. The van der Waals surface area contributed by atoms with Crippen molar-refractivity contribution in [1.29, 1.82) is 0 Å². The maximum absolute atomic E-state index is 13.1. The molecule has 0 aromatic heterocycles. The Kier molecular flexibility index (Phi) is 68.7. The minimum Gasteiger partial charge on any atom is -0.462 e. The van der Waals surface area contributed by atoms with Crippen LogP contribution < -0.4 is 0 Å². The third-order valence-corrected chi connectivity index (χ3v) is 20.7. The summed E-state index contributed by atoms with van der Waals surface area (Å²) in [5.41, 5.74) is 0. The molecule has 19 heteroatoms. The van der Waals surface area contributed by atoms with Gasteiger partial charge >= 0.3 is 39.5 Å². The third kappa shape index (κ3) is 74.3. The van der Waals surface area contributed by atoms with Crippen LogP contribution >= 0.6 is 15.6 Å². The van der Waals surface area contributed by atoms with Crippen molar-refractivity contribution in [2.45, 2.75) is 433 Å². The standard InChI is InChI=1S/C81H158O17P2/c1-71(2)57-49-41-33-25-18-15-13-11-9-10-12-14-16-20-30-39-47-55-63-80(85)97-76(67-91-78(83)61-53-45-37-29-21-17-19-26-34-42-50-58-72(3)4)69-95-99(87,88)93-65-75(82)66-94-100(89,90)96-70-77(68-92-79(84)62-54-46-38-32-24-28-36-44-52-60-74(7)8)98-81(86)64-56-48-40-31-23-22-27-35-43-51-59-73(5)6/h71-77,82H,9-70H2,1-8H3,(H,87,88)(H,89,90)/t75-,76-,77-/m1/s1. The molecule has 0 saturated carbocycles. The fourth-order valence-corrected chi connectivity index (χ4v) is 14.0. The summed E-state index contributed by atoms with van der Waals surface area (Å²) < 4.78 is 68.7. The molecule has 0 rings (SSSR count). The number of rotatable bonds is 78. The first-order valence-corrected chi connectivity index (χ1v) is 44.7. The van der Waals surface area contributed by atoms with E-state index in [4.69, 9.17) is 37.0 Å². The highest BCUT2D eigenvalue weighted by Gasteiger charge is 2.30. The van der Waals surface area contributed by atoms with Crippen molar-refractivity contribution >= 4 is 39.5 Å². The molecule has 0 saturated heterocycles. The summed E-state index contributed by atoms with van der Waals surface area (Å²) in [6, 6.07) is 0. The van der Waals surface area contributed by atoms with Gasteiger partial charge in [0.15, 0.2) is 12.2 Å². The first kappa shape index (κ1) is 98.1. The maximum atomic E-state index is 13.1. The van der Waals surface area contributed by atoms with E-state index < -0.39 is 97.5 Å². The predicted octanol–water partition coefficient (Wildman–Crippen LogP) is 24.0. The minimum atomic E-state index is -4.96. The number of esters is 4. The van der Waals surface area contributed by atoms with Gasteiger partial charge in [0.1, 0.15) is 19.3 Å². The number of carbonyl (C=O) groups is 4. The predicted molar refractivity (Wildman–Crippen MR) is 409 cm³/mol. The summed E-state index contributed by atoms with van der Waals surface area (Å²) in [4.78, 5) is 73.0. The molecule has 0 aliphatic carbocycles. The van der Waals surface area contributed by atoms with Gasteiger partial charge in [0, 0.05) is 25.7 Å². The Morgan fingerprint density at radius 2 is 0.420 bits per heavy atom. The molecule has 100 heavy (non-hydrogen) atoms. The van der Waals surface area contributed by atoms with Gasteiger partial charge in [-0.05, 0) is 49.4 Å². The number of unbranched alkanes of at least 4 members (excludes halogenated alkanes) is 44. The van der Waals surface area contributed by atoms with Crippen LogP contribution in [0.2, 0.25) is 0 Å². The summed E-state index contributed by atoms with van der Waals surface area (Å²) in [5, 5.41) is 10.6. The first-order chi connectivity index (χ1) is 48.1. The minimum absolute atomic E-state index is 0.105. The summed E-state index contributed by atoms with van der Waals surface area (Å²) in [7, 11) is -9.92. The molecule has 0 aliphatic rings. The summed E-state index contributed by atoms with van der Waals surface area (Å²) in [6.45, 7) is 14.3. The molecule has 0 amide bonds. The van der Waals surface area contributed by atoms with E-state index in [1.54, 1.807) is 0 Å². The molecular weight excluding hydrogens is 1310 g/mol. The quantitative estimate of drug-likeness (QED) is 0.0222. The molecule has 0 radical (unpaired) electrons. The smallest absolute Gasteiger partial charge is 0.462 e. The molecule has 3 N–H and O–H groups in total. The van der Waals surface area contributed by atoms with E-state index in [1.165, 1.54) is 218 Å². The van der Waals surface area contributed by atoms with E-state index in [1.807, 2.05) is 0 Å². The topological polar surface area (TPSA) is 237 Å². The largest absolute Gasteiger partial charge is 0.472 e. The molecule has 17 nitrogen and oxygen atoms in total. The zero-order chi connectivity index (χ0) is 73.8. The third-order valence-electron chi connectivity index (χ3n) is 18.8. The average Bonchev–Trinajstić information content (AvgIpc) is 0.914. The molecule has 0 heterocycles. The van der Waals surface area contributed by atoms with Gasteiger partial charge in [-0.1, -0.05) is 364 Å². The van der Waals surface area contributed by atoms with Crippen LogP contribution in [-0.4, -0.2) is 96.7 Å². The van der Waals surface area contributed by atoms with Crippen molar-refractivity contribution < 1.29 is 80.2 Å². The van der Waals surface area contributed by atoms with Crippen LogP contribution in [0.4, 0.5) is 0 Å². The van der Waals surface area contributed by atoms with Crippen LogP contribution in [0.1, 0.15) is 415 Å². The first-order valence-electron chi connectivity index (χ1n) is 41.7. The molecule has 594 valence electrons. The normalized spacial score (nSPS) is 14.0. The Balaban J connectivity index is 5.24. The van der Waals surface area contributed by atoms with Crippen molar-refractivity contribution in [1.82, 2.24) is 0 Å². The zero-order valence-corrected chi connectivity index (χ0v) is 67.6. The van der Waals surface area contributed by atoms with Crippen molar-refractivity contribution in [2.24, 2.45) is 23.7 Å². The molecular formula is C81H158O17P2. The van der Waals surface area contributed by atoms with E-state index in [0.717, 1.165) is 114 Å². The molecule has 0 spiro atoms. The molecule has 0 aromatic carbocycles. The fourth-order valence-electron chi connectivity index (χ4n) is 12.4. The van der Waals surface area contributed by atoms with Gasteiger partial charge in [-0.15, -0.1) is 0 Å². The fraction of sp³-hybridized carbons (Fsp3) is 0.951. The Hall–Kier alpha value is -1.94. The van der Waals surface area contributed by atoms with Gasteiger partial charge in [0.05, 0.1) is 26.4 Å². The van der Waals surface area contributed by atoms with E-state index in [9.17, 15) is 43.2 Å². The Morgan fingerprint density at radius 1 is 0.250 bits per heavy atom. The lowest BCUT2D eigenvalue weighted by Gasteiger charge is -2.21. The molecule has 0 aromatic rings. The number of carbonyl (C=O) groups excluding carboxylic acids is 4. The van der Waals surface area contributed by atoms with E-state index >= 15 is 0 Å². The highest BCUT2D eigenvalue weighted by Crippen LogP contribution is 2.45. The molecule has 0 fully saturated rings. The number of hydrogen-bond donors (Lipinski definition) is 3. The maximum Gasteiger partial charge on any atom is 0.472 e. The summed E-state index contributed by atoms with van der Waals surface area (Å²) in [5.74, 6) is 0.973. The second-order valence-electron chi connectivity index (χ2n) is 31.1. The molecule has 0 bridgehead atoms. The molecule has 0 aliphatic heterocycles. The van der Waals surface area contributed by atoms with Gasteiger partial charge in [0.25, 0.3) is 0 Å². The van der Waals surface area contributed by atoms with Crippen LogP contribution in [0.25, 0.3) is 0 Å². The Labute approximate surface area is 613 Å². The number of aliphatic hydroxyl groups is 1. The van der Waals surface area contributed by atoms with Crippen LogP contribution in [0.3, 0.4) is 0 Å². The van der Waals surface area contributed by atoms with E-state index in [0.29, 0.717) is 25.7 Å². The molecule has 2 unspecified atom stereocenters. The number of phosphoric ester groups is 2. The Bertz CT molecular complexity index is 1950. The summed E-state index contributed by atoms with van der Waals surface area (Å²) >= 11 is 0. The van der Waals surface area contributed by atoms with Crippen LogP contribution in [0.15, 0.2) is 0 Å². The Morgan fingerprint density at radius 3 is 0.620 bits per heavy atom. The SMILES string of the molecule is CC(C)CCCCCCCCCCCCCCCCCCCCC(=O)O[C@H](COC(=O)CCCCCCCCCCCCCC(C)C)COP(=O)(O)OC[C@@H](O)COP(=O)(O)OC[C@@H](COC(=O)CCCCCCCCCCCC(C)C)OC(=O)CCCCCCCCCCCCC(C)C. The molecule has 5 atom stereocenters. The van der Waals surface area contributed by atoms with Crippen molar-refractivity contribution in [3.8, 4) is 0 Å². The number of ether oxygens (including phenoxy) is 4. The zero-order valence-electron chi connectivity index (χ0n) is 65.8. The van der Waals surface area contributed by atoms with Crippen LogP contribution in [0, 0.1) is 23.7 Å². The number of hydrogen-bond acceptors (Lipinski definition) is 15. The second-order valence-corrected chi connectivity index (χ2v) is 34.0. The monoisotopic (exact) mass is 1470 g/mol. The van der Waals surface area contributed by atoms with Gasteiger partial charge in [-0.25, -0.2) is 9.13 Å². The van der Waals surface area contributed by atoms with Crippen molar-refractivity contribution in [3.05, 3.63) is 0 Å². The van der Waals surface area contributed by atoms with E-state index in [-0.39, 0.29) is 25.7 Å². The average molecular weight is 1470 g/mol. The lowest BCUT2D eigenvalue weighted by atomic mass is 10.0. The van der Waals surface area contributed by atoms with Gasteiger partial charge in [0.2, 0.25) is 0 Å². The number of phosphoric acid groups is 2. The van der Waals surface area contributed by atoms with Crippen molar-refractivity contribution in [3.63, 3.8) is 0 Å². The van der Waals surface area contributed by atoms with Gasteiger partial charge in [-0.3, -0.25) is 37.3 Å².